The maximum Gasteiger partial charge on any atom is 0.152 e. The van der Waals surface area contributed by atoms with Gasteiger partial charge in [0, 0.05) is 18.3 Å². The Kier molecular flexibility index (Phi) is 6.49. The van der Waals surface area contributed by atoms with E-state index in [4.69, 9.17) is 0 Å². The maximum atomic E-state index is 13.5. The van der Waals surface area contributed by atoms with Crippen LogP contribution in [-0.2, 0) is 4.79 Å². The third-order valence-corrected chi connectivity index (χ3v) is 3.96. The van der Waals surface area contributed by atoms with Crippen molar-refractivity contribution in [2.45, 2.75) is 39.7 Å². The van der Waals surface area contributed by atoms with E-state index in [1.807, 2.05) is 25.8 Å². The highest BCUT2D eigenvalue weighted by molar-refractivity contribution is 5.84. The minimum absolute atomic E-state index is 0.0777. The molecule has 0 bridgehead atoms. The third-order valence-electron chi connectivity index (χ3n) is 3.96. The van der Waals surface area contributed by atoms with Gasteiger partial charge in [-0.1, -0.05) is 24.3 Å². The number of likely N-dealkylation sites (N-methyl/N-ethyl adjacent to an activating group) is 1. The van der Waals surface area contributed by atoms with Crippen molar-refractivity contribution in [2.24, 2.45) is 0 Å². The van der Waals surface area contributed by atoms with Gasteiger partial charge < -0.3 is 4.90 Å². The molecule has 0 aliphatic heterocycles. The summed E-state index contributed by atoms with van der Waals surface area (Å²) >= 11 is 0. The van der Waals surface area contributed by atoms with Crippen LogP contribution in [0.4, 0.5) is 4.39 Å². The Balaban J connectivity index is 3.13. The Hall–Kier alpha value is -2.16. The molecule has 23 heavy (non-hydrogen) atoms. The highest BCUT2D eigenvalue weighted by Crippen LogP contribution is 2.28. The zero-order chi connectivity index (χ0) is 17.7. The van der Waals surface area contributed by atoms with Gasteiger partial charge in [0.1, 0.15) is 5.82 Å². The summed E-state index contributed by atoms with van der Waals surface area (Å²) in [4.78, 5) is 13.9. The molecule has 0 radical (unpaired) electrons. The molecule has 0 aliphatic rings. The largest absolute Gasteiger partial charge is 0.365 e. The van der Waals surface area contributed by atoms with Crippen LogP contribution in [0.15, 0.2) is 43.5 Å². The fourth-order valence-corrected chi connectivity index (χ4v) is 2.55. The number of benzene rings is 1. The highest BCUT2D eigenvalue weighted by Gasteiger charge is 2.22. The Morgan fingerprint density at radius 2 is 1.78 bits per heavy atom. The van der Waals surface area contributed by atoms with Gasteiger partial charge >= 0.3 is 0 Å². The van der Waals surface area contributed by atoms with Gasteiger partial charge in [0.15, 0.2) is 5.78 Å². The molecule has 1 unspecified atom stereocenters. The zero-order valence-electron chi connectivity index (χ0n) is 14.6. The van der Waals surface area contributed by atoms with Crippen LogP contribution >= 0.6 is 0 Å². The normalized spacial score (nSPS) is 11.7. The summed E-state index contributed by atoms with van der Waals surface area (Å²) in [5.41, 5.74) is 3.99. The van der Waals surface area contributed by atoms with E-state index in [1.54, 1.807) is 13.0 Å². The van der Waals surface area contributed by atoms with Crippen LogP contribution < -0.4 is 0 Å². The molecule has 1 atom stereocenters. The number of allylic oxidation sites excluding steroid dienone is 2. The SMILES string of the molecule is C=C(C)CCC(C(C)=O)N(C)C(=C)c1ccc(F)cc1C(=C)C. The first-order valence-electron chi connectivity index (χ1n) is 7.67. The summed E-state index contributed by atoms with van der Waals surface area (Å²) < 4.78 is 13.5. The second-order valence-electron chi connectivity index (χ2n) is 6.15. The average Bonchev–Trinajstić information content (AvgIpc) is 2.45. The van der Waals surface area contributed by atoms with Gasteiger partial charge in [-0.15, -0.1) is 6.58 Å². The van der Waals surface area contributed by atoms with Crippen LogP contribution in [0.1, 0.15) is 44.7 Å². The van der Waals surface area contributed by atoms with Gasteiger partial charge in [-0.2, -0.15) is 0 Å². The molecule has 1 rings (SSSR count). The summed E-state index contributed by atoms with van der Waals surface area (Å²) in [5, 5.41) is 0. The third kappa shape index (κ3) is 4.92. The molecule has 0 aliphatic carbocycles. The fourth-order valence-electron chi connectivity index (χ4n) is 2.55. The summed E-state index contributed by atoms with van der Waals surface area (Å²) in [6, 6.07) is 4.26. The molecule has 2 nitrogen and oxygen atoms in total. The quantitative estimate of drug-likeness (QED) is 0.624. The van der Waals surface area contributed by atoms with E-state index in [0.717, 1.165) is 23.1 Å². The van der Waals surface area contributed by atoms with E-state index in [0.29, 0.717) is 17.7 Å². The number of ketones is 1. The Morgan fingerprint density at radius 1 is 1.17 bits per heavy atom. The molecule has 0 N–H and O–H groups in total. The Labute approximate surface area is 139 Å². The van der Waals surface area contributed by atoms with Crippen LogP contribution in [0.3, 0.4) is 0 Å². The zero-order valence-corrected chi connectivity index (χ0v) is 14.6. The number of carbonyl (C=O) groups excluding carboxylic acids is 1. The van der Waals surface area contributed by atoms with Crippen molar-refractivity contribution in [3.05, 3.63) is 60.5 Å². The summed E-state index contributed by atoms with van der Waals surface area (Å²) in [5.74, 6) is -0.235. The molecule has 1 aromatic carbocycles. The molecule has 0 fully saturated rings. The Morgan fingerprint density at radius 3 is 2.26 bits per heavy atom. The first-order valence-corrected chi connectivity index (χ1v) is 7.67. The van der Waals surface area contributed by atoms with Crippen LogP contribution in [0, 0.1) is 5.82 Å². The first-order chi connectivity index (χ1) is 10.6. The molecule has 0 saturated carbocycles. The number of hydrogen-bond donors (Lipinski definition) is 0. The van der Waals surface area contributed by atoms with Gasteiger partial charge in [0.25, 0.3) is 0 Å². The molecule has 0 aromatic heterocycles. The average molecular weight is 315 g/mol. The van der Waals surface area contributed by atoms with Gasteiger partial charge in [-0.3, -0.25) is 4.79 Å². The van der Waals surface area contributed by atoms with Crippen LogP contribution in [-0.4, -0.2) is 23.8 Å². The van der Waals surface area contributed by atoms with Crippen LogP contribution in [0.5, 0.6) is 0 Å². The van der Waals surface area contributed by atoms with E-state index in [2.05, 4.69) is 19.7 Å². The molecule has 124 valence electrons. The second kappa shape index (κ2) is 7.91. The van der Waals surface area contributed by atoms with E-state index in [1.165, 1.54) is 12.1 Å². The molecular formula is C20H26FNO. The molecular weight excluding hydrogens is 289 g/mol. The predicted octanol–water partition coefficient (Wildman–Crippen LogP) is 5.08. The van der Waals surface area contributed by atoms with Crippen molar-refractivity contribution in [1.29, 1.82) is 0 Å². The van der Waals surface area contributed by atoms with E-state index in [9.17, 15) is 9.18 Å². The summed E-state index contributed by atoms with van der Waals surface area (Å²) in [6.07, 6.45) is 1.46. The van der Waals surface area contributed by atoms with E-state index >= 15 is 0 Å². The number of rotatable bonds is 8. The van der Waals surface area contributed by atoms with Crippen molar-refractivity contribution in [3.8, 4) is 0 Å². The number of carbonyl (C=O) groups is 1. The van der Waals surface area contributed by atoms with Gasteiger partial charge in [-0.05, 0) is 57.4 Å². The summed E-state index contributed by atoms with van der Waals surface area (Å²) in [6.45, 7) is 17.3. The van der Waals surface area contributed by atoms with Crippen LogP contribution in [0.25, 0.3) is 11.3 Å². The number of nitrogens with zero attached hydrogens (tertiary/aromatic N) is 1. The Bertz CT molecular complexity index is 645. The van der Waals surface area contributed by atoms with Crippen molar-refractivity contribution >= 4 is 17.1 Å². The number of hydrogen-bond acceptors (Lipinski definition) is 2. The number of Topliss-reactive ketones (excluding diaryl/α,β-unsaturated/α-hetero) is 1. The standard InChI is InChI=1S/C20H26FNO/c1-13(2)8-11-20(16(6)23)22(7)15(5)18-10-9-17(21)12-19(18)14(3)4/h9-10,12,20H,1,3,5,8,11H2,2,4,6-7H3. The molecule has 3 heteroatoms. The fraction of sp³-hybridized carbons (Fsp3) is 0.350. The minimum atomic E-state index is -0.312. The van der Waals surface area contributed by atoms with Crippen molar-refractivity contribution in [2.75, 3.05) is 7.05 Å². The lowest BCUT2D eigenvalue weighted by Gasteiger charge is -2.31. The predicted molar refractivity (Wildman–Crippen MR) is 96.4 cm³/mol. The molecule has 0 saturated heterocycles. The molecule has 0 amide bonds. The molecule has 1 aromatic rings. The lowest BCUT2D eigenvalue weighted by atomic mass is 9.97. The molecule has 0 spiro atoms. The second-order valence-corrected chi connectivity index (χ2v) is 6.15. The highest BCUT2D eigenvalue weighted by atomic mass is 19.1. The monoisotopic (exact) mass is 315 g/mol. The van der Waals surface area contributed by atoms with Crippen molar-refractivity contribution in [1.82, 2.24) is 4.90 Å². The first kappa shape index (κ1) is 18.9. The smallest absolute Gasteiger partial charge is 0.152 e. The maximum absolute atomic E-state index is 13.5. The van der Waals surface area contributed by atoms with E-state index < -0.39 is 0 Å². The number of halogens is 1. The van der Waals surface area contributed by atoms with Crippen molar-refractivity contribution in [3.63, 3.8) is 0 Å². The van der Waals surface area contributed by atoms with Gasteiger partial charge in [0.05, 0.1) is 6.04 Å². The summed E-state index contributed by atoms with van der Waals surface area (Å²) in [7, 11) is 1.85. The topological polar surface area (TPSA) is 20.3 Å². The lowest BCUT2D eigenvalue weighted by molar-refractivity contribution is -0.120. The lowest BCUT2D eigenvalue weighted by Crippen LogP contribution is -2.36. The van der Waals surface area contributed by atoms with Gasteiger partial charge in [-0.25, -0.2) is 4.39 Å². The minimum Gasteiger partial charge on any atom is -0.365 e. The van der Waals surface area contributed by atoms with Crippen LogP contribution in [0.2, 0.25) is 0 Å². The van der Waals surface area contributed by atoms with Gasteiger partial charge in [0.2, 0.25) is 0 Å². The molecule has 0 heterocycles. The van der Waals surface area contributed by atoms with E-state index in [-0.39, 0.29) is 17.6 Å². The van der Waals surface area contributed by atoms with Crippen molar-refractivity contribution < 1.29 is 9.18 Å².